The van der Waals surface area contributed by atoms with Gasteiger partial charge in [0.2, 0.25) is 0 Å². The molecule has 0 saturated heterocycles. The van der Waals surface area contributed by atoms with Gasteiger partial charge < -0.3 is 5.11 Å². The molecule has 0 radical (unpaired) electrons. The van der Waals surface area contributed by atoms with Crippen LogP contribution in [0.4, 0.5) is 13.2 Å². The number of hydrogen-bond donors (Lipinski definition) is 1. The zero-order valence-corrected chi connectivity index (χ0v) is 8.72. The van der Waals surface area contributed by atoms with Crippen molar-refractivity contribution in [3.63, 3.8) is 0 Å². The molecule has 0 bridgehead atoms. The minimum absolute atomic E-state index is 0.263. The molecule has 1 nitrogen and oxygen atoms in total. The molecule has 1 aromatic carbocycles. The molecule has 2 rings (SSSR count). The summed E-state index contributed by atoms with van der Waals surface area (Å²) in [5, 5.41) is 9.66. The first-order chi connectivity index (χ1) is 7.36. The average molecular weight is 230 g/mol. The van der Waals surface area contributed by atoms with Crippen LogP contribution in [0, 0.1) is 0 Å². The summed E-state index contributed by atoms with van der Waals surface area (Å²) in [5.41, 5.74) is 0.566. The van der Waals surface area contributed by atoms with Crippen LogP contribution in [0.15, 0.2) is 24.3 Å². The van der Waals surface area contributed by atoms with Crippen molar-refractivity contribution in [2.45, 2.75) is 37.5 Å². The summed E-state index contributed by atoms with van der Waals surface area (Å²) in [6.45, 7) is 0. The van der Waals surface area contributed by atoms with Crippen LogP contribution in [-0.2, 0) is 12.8 Å². The summed E-state index contributed by atoms with van der Waals surface area (Å²) in [6, 6.07) is 6.29. The summed E-state index contributed by atoms with van der Waals surface area (Å²) in [6.07, 6.45) is -2.93. The maximum Gasteiger partial charge on any atom is 0.393 e. The number of benzene rings is 1. The highest BCUT2D eigenvalue weighted by atomic mass is 19.4. The first-order valence-corrected chi connectivity index (χ1v) is 5.23. The van der Waals surface area contributed by atoms with Gasteiger partial charge >= 0.3 is 6.18 Å². The third-order valence-corrected chi connectivity index (χ3v) is 2.79. The Morgan fingerprint density at radius 2 is 1.56 bits per heavy atom. The van der Waals surface area contributed by atoms with Crippen molar-refractivity contribution >= 4 is 0 Å². The highest BCUT2D eigenvalue weighted by Crippen LogP contribution is 2.38. The molecule has 1 fully saturated rings. The third kappa shape index (κ3) is 3.23. The van der Waals surface area contributed by atoms with Gasteiger partial charge in [0, 0.05) is 6.42 Å². The quantitative estimate of drug-likeness (QED) is 0.846. The van der Waals surface area contributed by atoms with E-state index >= 15 is 0 Å². The lowest BCUT2D eigenvalue weighted by atomic mass is 10.0. The fraction of sp³-hybridized carbons (Fsp3) is 0.500. The Kier molecular flexibility index (Phi) is 2.70. The van der Waals surface area contributed by atoms with Gasteiger partial charge in [0.15, 0.2) is 0 Å². The monoisotopic (exact) mass is 230 g/mol. The summed E-state index contributed by atoms with van der Waals surface area (Å²) in [5.74, 6) is 0. The first-order valence-electron chi connectivity index (χ1n) is 5.23. The molecule has 0 unspecified atom stereocenters. The molecule has 0 aliphatic heterocycles. The van der Waals surface area contributed by atoms with Crippen LogP contribution in [0.25, 0.3) is 0 Å². The fourth-order valence-corrected chi connectivity index (χ4v) is 1.71. The van der Waals surface area contributed by atoms with Crippen LogP contribution in [0.3, 0.4) is 0 Å². The van der Waals surface area contributed by atoms with Gasteiger partial charge in [0.05, 0.1) is 12.0 Å². The van der Waals surface area contributed by atoms with Gasteiger partial charge in [-0.15, -0.1) is 0 Å². The Hall–Kier alpha value is -1.03. The van der Waals surface area contributed by atoms with Crippen molar-refractivity contribution in [3.8, 4) is 0 Å². The highest BCUT2D eigenvalue weighted by Gasteiger charge is 2.40. The average Bonchev–Trinajstić information content (AvgIpc) is 2.85. The normalized spacial score (nSPS) is 18.5. The Labute approximate surface area is 91.9 Å². The zero-order valence-electron chi connectivity index (χ0n) is 8.72. The standard InChI is InChI=1S/C12H13F3O/c13-12(14,15)8-10-3-1-9(2-4-10)7-11(16)5-6-11/h1-4,16H,5-8H2. The van der Waals surface area contributed by atoms with Crippen molar-refractivity contribution in [2.24, 2.45) is 0 Å². The maximum absolute atomic E-state index is 12.1. The number of aliphatic hydroxyl groups is 1. The van der Waals surface area contributed by atoms with E-state index in [1.54, 1.807) is 12.1 Å². The SMILES string of the molecule is OC1(Cc2ccc(CC(F)(F)F)cc2)CC1. The molecule has 1 saturated carbocycles. The Morgan fingerprint density at radius 1 is 1.06 bits per heavy atom. The second-order valence-electron chi connectivity index (χ2n) is 4.51. The minimum atomic E-state index is -4.16. The molecule has 1 aliphatic carbocycles. The van der Waals surface area contributed by atoms with Gasteiger partial charge in [-0.3, -0.25) is 0 Å². The van der Waals surface area contributed by atoms with Crippen molar-refractivity contribution in [2.75, 3.05) is 0 Å². The van der Waals surface area contributed by atoms with E-state index in [0.29, 0.717) is 6.42 Å². The molecule has 16 heavy (non-hydrogen) atoms. The van der Waals surface area contributed by atoms with Gasteiger partial charge in [-0.2, -0.15) is 13.2 Å². The van der Waals surface area contributed by atoms with E-state index in [1.807, 2.05) is 0 Å². The van der Waals surface area contributed by atoms with Crippen molar-refractivity contribution in [1.82, 2.24) is 0 Å². The molecule has 1 aliphatic rings. The molecule has 1 aromatic rings. The van der Waals surface area contributed by atoms with E-state index in [9.17, 15) is 18.3 Å². The summed E-state index contributed by atoms with van der Waals surface area (Å²) in [7, 11) is 0. The minimum Gasteiger partial charge on any atom is -0.390 e. The summed E-state index contributed by atoms with van der Waals surface area (Å²) in [4.78, 5) is 0. The van der Waals surface area contributed by atoms with E-state index in [-0.39, 0.29) is 5.56 Å². The lowest BCUT2D eigenvalue weighted by molar-refractivity contribution is -0.127. The third-order valence-electron chi connectivity index (χ3n) is 2.79. The van der Waals surface area contributed by atoms with Crippen LogP contribution in [0.5, 0.6) is 0 Å². The topological polar surface area (TPSA) is 20.2 Å². The second-order valence-corrected chi connectivity index (χ2v) is 4.51. The molecule has 1 N–H and O–H groups in total. The number of rotatable bonds is 3. The summed E-state index contributed by atoms with van der Waals surface area (Å²) >= 11 is 0. The smallest absolute Gasteiger partial charge is 0.390 e. The predicted molar refractivity (Wildman–Crippen MR) is 54.1 cm³/mol. The lowest BCUT2D eigenvalue weighted by Gasteiger charge is -2.09. The number of halogens is 3. The molecule has 0 atom stereocenters. The van der Waals surface area contributed by atoms with E-state index in [4.69, 9.17) is 0 Å². The van der Waals surface area contributed by atoms with E-state index in [2.05, 4.69) is 0 Å². The van der Waals surface area contributed by atoms with Crippen molar-refractivity contribution in [3.05, 3.63) is 35.4 Å². The molecule has 0 aromatic heterocycles. The molecular formula is C12H13F3O. The molecule has 4 heteroatoms. The largest absolute Gasteiger partial charge is 0.393 e. The Bertz CT molecular complexity index is 337. The van der Waals surface area contributed by atoms with Gasteiger partial charge in [0.1, 0.15) is 0 Å². The molecule has 88 valence electrons. The van der Waals surface area contributed by atoms with Crippen molar-refractivity contribution in [1.29, 1.82) is 0 Å². The molecule has 0 spiro atoms. The maximum atomic E-state index is 12.1. The highest BCUT2D eigenvalue weighted by molar-refractivity contribution is 5.25. The van der Waals surface area contributed by atoms with Gasteiger partial charge in [-0.25, -0.2) is 0 Å². The van der Waals surface area contributed by atoms with Gasteiger partial charge in [0.25, 0.3) is 0 Å². The van der Waals surface area contributed by atoms with Gasteiger partial charge in [-0.1, -0.05) is 24.3 Å². The van der Waals surface area contributed by atoms with Crippen molar-refractivity contribution < 1.29 is 18.3 Å². The Balaban J connectivity index is 1.99. The zero-order chi connectivity index (χ0) is 11.8. The second kappa shape index (κ2) is 3.77. The van der Waals surface area contributed by atoms with Crippen LogP contribution in [-0.4, -0.2) is 16.9 Å². The molecular weight excluding hydrogens is 217 g/mol. The van der Waals surface area contributed by atoms with E-state index in [1.165, 1.54) is 12.1 Å². The van der Waals surface area contributed by atoms with Gasteiger partial charge in [-0.05, 0) is 24.0 Å². The fourth-order valence-electron chi connectivity index (χ4n) is 1.71. The molecule has 0 amide bonds. The first kappa shape index (κ1) is 11.5. The summed E-state index contributed by atoms with van der Waals surface area (Å²) < 4.78 is 36.2. The molecule has 0 heterocycles. The van der Waals surface area contributed by atoms with E-state index < -0.39 is 18.2 Å². The van der Waals surface area contributed by atoms with E-state index in [0.717, 1.165) is 18.4 Å². The lowest BCUT2D eigenvalue weighted by Crippen LogP contribution is -2.12. The number of alkyl halides is 3. The Morgan fingerprint density at radius 3 is 2.00 bits per heavy atom. The predicted octanol–water partition coefficient (Wildman–Crippen LogP) is 2.86. The number of hydrogen-bond acceptors (Lipinski definition) is 1. The van der Waals surface area contributed by atoms with Crippen LogP contribution in [0.2, 0.25) is 0 Å². The van der Waals surface area contributed by atoms with Crippen LogP contribution in [0.1, 0.15) is 24.0 Å². The van der Waals surface area contributed by atoms with Crippen LogP contribution < -0.4 is 0 Å². The van der Waals surface area contributed by atoms with Crippen LogP contribution >= 0.6 is 0 Å².